The van der Waals surface area contributed by atoms with Crippen LogP contribution in [0, 0.1) is 29.1 Å². The number of amides is 1. The van der Waals surface area contributed by atoms with Gasteiger partial charge in [-0.1, -0.05) is 24.4 Å². The highest BCUT2D eigenvalue weighted by molar-refractivity contribution is 7.89. The van der Waals surface area contributed by atoms with E-state index in [-0.39, 0.29) is 18.1 Å². The van der Waals surface area contributed by atoms with Crippen molar-refractivity contribution in [3.8, 4) is 0 Å². The first-order valence-corrected chi connectivity index (χ1v) is 11.0. The lowest BCUT2D eigenvalue weighted by Crippen LogP contribution is -2.32. The molecular weight excluding hydrogens is 467 g/mol. The van der Waals surface area contributed by atoms with Gasteiger partial charge in [-0.2, -0.15) is 4.31 Å². The Bertz CT molecular complexity index is 1110. The van der Waals surface area contributed by atoms with Crippen LogP contribution < -0.4 is 5.32 Å². The Morgan fingerprint density at radius 2 is 1.39 bits per heavy atom. The highest BCUT2D eigenvalue weighted by Gasteiger charge is 2.30. The molecule has 12 heteroatoms. The van der Waals surface area contributed by atoms with E-state index < -0.39 is 61.2 Å². The van der Waals surface area contributed by atoms with E-state index >= 15 is 0 Å². The average Bonchev–Trinajstić information content (AvgIpc) is 3.04. The third-order valence-corrected chi connectivity index (χ3v) is 7.20. The van der Waals surface area contributed by atoms with Gasteiger partial charge in [0.15, 0.2) is 23.3 Å². The van der Waals surface area contributed by atoms with Crippen molar-refractivity contribution in [1.29, 1.82) is 0 Å². The minimum atomic E-state index is -4.08. The zero-order valence-corrected chi connectivity index (χ0v) is 17.4. The number of anilines is 1. The predicted molar refractivity (Wildman–Crippen MR) is 103 cm³/mol. The van der Waals surface area contributed by atoms with Crippen LogP contribution in [0.15, 0.2) is 23.1 Å². The quantitative estimate of drug-likeness (QED) is 0.385. The van der Waals surface area contributed by atoms with Crippen LogP contribution in [0.1, 0.15) is 36.0 Å². The van der Waals surface area contributed by atoms with Crippen molar-refractivity contribution >= 4 is 33.2 Å². The summed E-state index contributed by atoms with van der Waals surface area (Å²) in [6.07, 6.45) is 3.03. The third kappa shape index (κ3) is 4.53. The Labute approximate surface area is 179 Å². The molecule has 31 heavy (non-hydrogen) atoms. The zero-order chi connectivity index (χ0) is 22.9. The summed E-state index contributed by atoms with van der Waals surface area (Å²) in [6.45, 7) is 0.527. The van der Waals surface area contributed by atoms with Crippen molar-refractivity contribution in [3.05, 3.63) is 57.9 Å². The van der Waals surface area contributed by atoms with Gasteiger partial charge >= 0.3 is 0 Å². The van der Waals surface area contributed by atoms with E-state index in [1.165, 1.54) is 4.31 Å². The molecule has 1 amide bonds. The van der Waals surface area contributed by atoms with Crippen molar-refractivity contribution in [2.45, 2.75) is 30.6 Å². The SMILES string of the molecule is O=C(Nc1c(F)c(F)c(F)c(F)c1F)c1ccc(Cl)c(S(=O)(=O)N2CCCCCC2)c1. The van der Waals surface area contributed by atoms with Crippen molar-refractivity contribution in [2.75, 3.05) is 18.4 Å². The maximum atomic E-state index is 13.8. The van der Waals surface area contributed by atoms with Gasteiger partial charge < -0.3 is 5.32 Å². The zero-order valence-electron chi connectivity index (χ0n) is 15.8. The third-order valence-electron chi connectivity index (χ3n) is 4.82. The number of hydrogen-bond donors (Lipinski definition) is 1. The molecule has 2 aromatic carbocycles. The van der Waals surface area contributed by atoms with E-state index in [1.54, 1.807) is 5.32 Å². The Balaban J connectivity index is 1.96. The van der Waals surface area contributed by atoms with Gasteiger partial charge in [0.05, 0.1) is 5.02 Å². The molecular formula is C19H16ClF5N2O3S. The number of benzene rings is 2. The van der Waals surface area contributed by atoms with E-state index in [4.69, 9.17) is 11.6 Å². The van der Waals surface area contributed by atoms with Gasteiger partial charge in [-0.05, 0) is 31.0 Å². The molecule has 1 saturated heterocycles. The molecule has 0 unspecified atom stereocenters. The molecule has 1 fully saturated rings. The molecule has 0 radical (unpaired) electrons. The van der Waals surface area contributed by atoms with E-state index in [0.717, 1.165) is 31.0 Å². The van der Waals surface area contributed by atoms with Crippen molar-refractivity contribution in [1.82, 2.24) is 4.31 Å². The number of sulfonamides is 1. The van der Waals surface area contributed by atoms with Crippen LogP contribution in [0.3, 0.4) is 0 Å². The minimum absolute atomic E-state index is 0.183. The number of halogens is 6. The average molecular weight is 483 g/mol. The van der Waals surface area contributed by atoms with Crippen molar-refractivity contribution in [3.63, 3.8) is 0 Å². The summed E-state index contributed by atoms with van der Waals surface area (Å²) < 4.78 is 94.7. The first-order chi connectivity index (χ1) is 14.6. The van der Waals surface area contributed by atoms with Gasteiger partial charge in [-0.15, -0.1) is 0 Å². The van der Waals surface area contributed by atoms with Gasteiger partial charge in [-0.25, -0.2) is 30.4 Å². The van der Waals surface area contributed by atoms with Crippen LogP contribution in [-0.2, 0) is 10.0 Å². The summed E-state index contributed by atoms with van der Waals surface area (Å²) in [6, 6.07) is 3.05. The molecule has 2 aromatic rings. The molecule has 168 valence electrons. The summed E-state index contributed by atoms with van der Waals surface area (Å²) in [5.41, 5.74) is -1.95. The number of nitrogens with zero attached hydrogens (tertiary/aromatic N) is 1. The molecule has 0 atom stereocenters. The summed E-state index contributed by atoms with van der Waals surface area (Å²) in [7, 11) is -4.08. The molecule has 1 aliphatic rings. The molecule has 1 heterocycles. The first-order valence-electron chi connectivity index (χ1n) is 9.18. The fourth-order valence-corrected chi connectivity index (χ4v) is 5.18. The number of nitrogens with one attached hydrogen (secondary N) is 1. The highest BCUT2D eigenvalue weighted by Crippen LogP contribution is 2.30. The van der Waals surface area contributed by atoms with Gasteiger partial charge in [0.25, 0.3) is 5.91 Å². The molecule has 0 aliphatic carbocycles. The molecule has 0 saturated carbocycles. The fourth-order valence-electron chi connectivity index (χ4n) is 3.16. The molecule has 0 aromatic heterocycles. The van der Waals surface area contributed by atoms with Gasteiger partial charge in [0.1, 0.15) is 10.6 Å². The first kappa shape index (κ1) is 23.4. The molecule has 1 N–H and O–H groups in total. The molecule has 0 bridgehead atoms. The van der Waals surface area contributed by atoms with E-state index in [2.05, 4.69) is 0 Å². The van der Waals surface area contributed by atoms with E-state index in [9.17, 15) is 35.2 Å². The number of carbonyl (C=O) groups is 1. The fraction of sp³-hybridized carbons (Fsp3) is 0.316. The van der Waals surface area contributed by atoms with Crippen LogP contribution in [0.2, 0.25) is 5.02 Å². The predicted octanol–water partition coefficient (Wildman–Crippen LogP) is 4.85. The lowest BCUT2D eigenvalue weighted by molar-refractivity contribution is 0.102. The number of hydrogen-bond acceptors (Lipinski definition) is 3. The van der Waals surface area contributed by atoms with Gasteiger partial charge in [0.2, 0.25) is 15.8 Å². The summed E-state index contributed by atoms with van der Waals surface area (Å²) in [4.78, 5) is 12.0. The molecule has 5 nitrogen and oxygen atoms in total. The lowest BCUT2D eigenvalue weighted by atomic mass is 10.2. The van der Waals surface area contributed by atoms with Crippen LogP contribution in [0.25, 0.3) is 0 Å². The van der Waals surface area contributed by atoms with E-state index in [1.807, 2.05) is 0 Å². The Morgan fingerprint density at radius 3 is 1.94 bits per heavy atom. The Hall–Kier alpha value is -2.24. The number of carbonyl (C=O) groups excluding carboxylic acids is 1. The van der Waals surface area contributed by atoms with Crippen LogP contribution in [0.5, 0.6) is 0 Å². The topological polar surface area (TPSA) is 66.5 Å². The summed E-state index contributed by atoms with van der Waals surface area (Å²) >= 11 is 6.02. The second kappa shape index (κ2) is 9.09. The number of rotatable bonds is 4. The summed E-state index contributed by atoms with van der Waals surface area (Å²) in [5.74, 6) is -12.6. The van der Waals surface area contributed by atoms with Crippen LogP contribution >= 0.6 is 11.6 Å². The normalized spacial score (nSPS) is 15.5. The van der Waals surface area contributed by atoms with Crippen molar-refractivity contribution < 1.29 is 35.2 Å². The molecule has 1 aliphatic heterocycles. The largest absolute Gasteiger partial charge is 0.317 e. The highest BCUT2D eigenvalue weighted by atomic mass is 35.5. The van der Waals surface area contributed by atoms with Gasteiger partial charge in [0, 0.05) is 18.7 Å². The lowest BCUT2D eigenvalue weighted by Gasteiger charge is -2.21. The maximum absolute atomic E-state index is 13.8. The monoisotopic (exact) mass is 482 g/mol. The Kier molecular flexibility index (Phi) is 6.87. The van der Waals surface area contributed by atoms with Crippen LogP contribution in [-0.4, -0.2) is 31.7 Å². The molecule has 0 spiro atoms. The Morgan fingerprint density at radius 1 is 0.871 bits per heavy atom. The van der Waals surface area contributed by atoms with Crippen molar-refractivity contribution in [2.24, 2.45) is 0 Å². The van der Waals surface area contributed by atoms with Crippen LogP contribution in [0.4, 0.5) is 27.6 Å². The second-order valence-electron chi connectivity index (χ2n) is 6.86. The minimum Gasteiger partial charge on any atom is -0.317 e. The van der Waals surface area contributed by atoms with E-state index in [0.29, 0.717) is 12.8 Å². The maximum Gasteiger partial charge on any atom is 0.255 e. The standard InChI is InChI=1S/C19H16ClF5N2O3S/c20-11-6-5-10(9-12(11)31(29,30)27-7-3-1-2-4-8-27)19(28)26-18-16(24)14(22)13(21)15(23)17(18)25/h5-6,9H,1-4,7-8H2,(H,26,28). The second-order valence-corrected chi connectivity index (χ2v) is 9.18. The molecule has 3 rings (SSSR count). The van der Waals surface area contributed by atoms with Gasteiger partial charge in [-0.3, -0.25) is 4.79 Å². The smallest absolute Gasteiger partial charge is 0.255 e. The summed E-state index contributed by atoms with van der Waals surface area (Å²) in [5, 5.41) is 1.42.